The van der Waals surface area contributed by atoms with Crippen molar-refractivity contribution in [1.29, 1.82) is 0 Å². The van der Waals surface area contributed by atoms with Gasteiger partial charge in [-0.1, -0.05) is 17.3 Å². The van der Waals surface area contributed by atoms with E-state index >= 15 is 0 Å². The first-order chi connectivity index (χ1) is 16.4. The number of carbonyl (C=O) groups excluding carboxylic acids is 1. The first-order valence-electron chi connectivity index (χ1n) is 10.0. The molecule has 0 fully saturated rings. The average Bonchev–Trinajstić information content (AvgIpc) is 3.46. The fourth-order valence-electron chi connectivity index (χ4n) is 2.73. The molecule has 1 amide bonds. The maximum absolute atomic E-state index is 12.7. The minimum absolute atomic E-state index is 0.106. The van der Waals surface area contributed by atoms with Gasteiger partial charge in [0.2, 0.25) is 5.91 Å². The summed E-state index contributed by atoms with van der Waals surface area (Å²) in [4.78, 5) is 24.8. The molecule has 0 aliphatic heterocycles. The number of carbonyl (C=O) groups is 2. The normalized spacial score (nSPS) is 11.5. The minimum atomic E-state index is -5.08. The highest BCUT2D eigenvalue weighted by Gasteiger charge is 2.38. The van der Waals surface area contributed by atoms with Crippen molar-refractivity contribution in [1.82, 2.24) is 20.0 Å². The summed E-state index contributed by atoms with van der Waals surface area (Å²) in [6.07, 6.45) is -1.31. The van der Waals surface area contributed by atoms with E-state index in [2.05, 4.69) is 15.5 Å². The highest BCUT2D eigenvalue weighted by atomic mass is 19.4. The Balaban J connectivity index is 0.000000540. The lowest BCUT2D eigenvalue weighted by atomic mass is 10.0. The molecule has 0 unspecified atom stereocenters. The smallest absolute Gasteiger partial charge is 0.475 e. The van der Waals surface area contributed by atoms with Crippen molar-refractivity contribution < 1.29 is 45.6 Å². The third-order valence-electron chi connectivity index (χ3n) is 4.46. The van der Waals surface area contributed by atoms with Crippen molar-refractivity contribution in [3.8, 4) is 11.3 Å². The molecule has 1 aromatic carbocycles. The third kappa shape index (κ3) is 9.14. The lowest BCUT2D eigenvalue weighted by Crippen LogP contribution is -2.25. The van der Waals surface area contributed by atoms with Crippen LogP contribution in [0.3, 0.4) is 0 Å². The highest BCUT2D eigenvalue weighted by Crippen LogP contribution is 2.32. The lowest BCUT2D eigenvalue weighted by molar-refractivity contribution is -0.192. The Hall–Kier alpha value is -3.84. The summed E-state index contributed by atoms with van der Waals surface area (Å²) >= 11 is 0. The molecule has 0 aliphatic rings. The maximum Gasteiger partial charge on any atom is 0.490 e. The molecule has 2 aromatic heterocycles. The van der Waals surface area contributed by atoms with Crippen molar-refractivity contribution in [3.05, 3.63) is 60.3 Å². The predicted octanol–water partition coefficient (Wildman–Crippen LogP) is 4.33. The molecule has 3 aromatic rings. The summed E-state index contributed by atoms with van der Waals surface area (Å²) in [6.45, 7) is 1.32. The third-order valence-corrected chi connectivity index (χ3v) is 4.46. The summed E-state index contributed by atoms with van der Waals surface area (Å²) in [5, 5.41) is 13.7. The molecule has 0 saturated carbocycles. The summed E-state index contributed by atoms with van der Waals surface area (Å²) in [5.74, 6) is -2.49. The SMILES string of the molecule is O=C(CCc1cnoc1-c1ccc(C(F)(F)F)cc1)NCCCn1ccnc1.O=C(O)C(F)(F)F. The molecule has 190 valence electrons. The Bertz CT molecular complexity index is 1080. The van der Waals surface area contributed by atoms with Gasteiger partial charge in [-0.25, -0.2) is 9.78 Å². The zero-order valence-corrected chi connectivity index (χ0v) is 17.9. The van der Waals surface area contributed by atoms with E-state index in [4.69, 9.17) is 14.4 Å². The van der Waals surface area contributed by atoms with E-state index < -0.39 is 23.9 Å². The average molecular weight is 506 g/mol. The Labute approximate surface area is 194 Å². The van der Waals surface area contributed by atoms with E-state index in [1.165, 1.54) is 18.3 Å². The number of carboxylic acid groups (broad SMARTS) is 1. The molecule has 0 atom stereocenters. The second-order valence-electron chi connectivity index (χ2n) is 7.06. The van der Waals surface area contributed by atoms with Gasteiger partial charge in [0.05, 0.1) is 18.1 Å². The predicted molar refractivity (Wildman–Crippen MR) is 109 cm³/mol. The number of rotatable bonds is 8. The van der Waals surface area contributed by atoms with E-state index in [1.54, 1.807) is 12.5 Å². The molecule has 0 aliphatic carbocycles. The van der Waals surface area contributed by atoms with E-state index in [0.29, 0.717) is 29.9 Å². The Kier molecular flexibility index (Phi) is 9.42. The van der Waals surface area contributed by atoms with Gasteiger partial charge in [0.1, 0.15) is 0 Å². The number of hydrogen-bond acceptors (Lipinski definition) is 5. The first kappa shape index (κ1) is 27.4. The molecule has 3 rings (SSSR count). The number of carboxylic acids is 1. The van der Waals surface area contributed by atoms with Gasteiger partial charge in [-0.05, 0) is 25.0 Å². The van der Waals surface area contributed by atoms with Gasteiger partial charge in [0, 0.05) is 43.0 Å². The van der Waals surface area contributed by atoms with Gasteiger partial charge < -0.3 is 19.5 Å². The van der Waals surface area contributed by atoms with Crippen LogP contribution in [0.5, 0.6) is 0 Å². The van der Waals surface area contributed by atoms with Crippen molar-refractivity contribution in [2.75, 3.05) is 6.54 Å². The second kappa shape index (κ2) is 12.0. The van der Waals surface area contributed by atoms with Crippen LogP contribution in [0.4, 0.5) is 26.3 Å². The number of imidazole rings is 1. The van der Waals surface area contributed by atoms with Gasteiger partial charge in [-0.15, -0.1) is 0 Å². The van der Waals surface area contributed by atoms with Gasteiger partial charge in [-0.3, -0.25) is 4.79 Å². The fraction of sp³-hybridized carbons (Fsp3) is 0.333. The largest absolute Gasteiger partial charge is 0.490 e. The topological polar surface area (TPSA) is 110 Å². The molecular formula is C21H20F6N4O4. The van der Waals surface area contributed by atoms with Crippen LogP contribution in [0.1, 0.15) is 24.0 Å². The molecule has 0 spiro atoms. The maximum atomic E-state index is 12.7. The number of alkyl halides is 6. The molecule has 35 heavy (non-hydrogen) atoms. The summed E-state index contributed by atoms with van der Waals surface area (Å²) in [5.41, 5.74) is 0.432. The Morgan fingerprint density at radius 3 is 2.29 bits per heavy atom. The van der Waals surface area contributed by atoms with Crippen molar-refractivity contribution in [2.45, 2.75) is 38.2 Å². The number of hydrogen-bond donors (Lipinski definition) is 2. The molecular weight excluding hydrogens is 486 g/mol. The number of aliphatic carboxylic acids is 1. The summed E-state index contributed by atoms with van der Waals surface area (Å²) in [7, 11) is 0. The van der Waals surface area contributed by atoms with Gasteiger partial charge in [-0.2, -0.15) is 26.3 Å². The van der Waals surface area contributed by atoms with Crippen LogP contribution in [0.15, 0.2) is 53.7 Å². The first-order valence-corrected chi connectivity index (χ1v) is 10.0. The van der Waals surface area contributed by atoms with Crippen LogP contribution >= 0.6 is 0 Å². The van der Waals surface area contributed by atoms with E-state index in [9.17, 15) is 31.1 Å². The van der Waals surface area contributed by atoms with E-state index in [0.717, 1.165) is 25.1 Å². The quantitative estimate of drug-likeness (QED) is 0.348. The summed E-state index contributed by atoms with van der Waals surface area (Å²) < 4.78 is 76.9. The van der Waals surface area contributed by atoms with E-state index in [-0.39, 0.29) is 12.3 Å². The number of nitrogens with one attached hydrogen (secondary N) is 1. The zero-order valence-electron chi connectivity index (χ0n) is 17.9. The molecule has 2 N–H and O–H groups in total. The second-order valence-corrected chi connectivity index (χ2v) is 7.06. The van der Waals surface area contributed by atoms with Crippen LogP contribution in [0.2, 0.25) is 0 Å². The number of amides is 1. The Morgan fingerprint density at radius 1 is 1.09 bits per heavy atom. The van der Waals surface area contributed by atoms with Crippen LogP contribution in [-0.2, 0) is 28.7 Å². The van der Waals surface area contributed by atoms with Crippen molar-refractivity contribution in [3.63, 3.8) is 0 Å². The molecule has 8 nitrogen and oxygen atoms in total. The zero-order chi connectivity index (χ0) is 26.1. The van der Waals surface area contributed by atoms with Crippen LogP contribution in [0.25, 0.3) is 11.3 Å². The Morgan fingerprint density at radius 2 is 1.74 bits per heavy atom. The van der Waals surface area contributed by atoms with E-state index in [1.807, 2.05) is 10.8 Å². The molecule has 0 saturated heterocycles. The molecule has 0 bridgehead atoms. The number of aryl methyl sites for hydroxylation is 2. The van der Waals surface area contributed by atoms with Crippen molar-refractivity contribution in [2.24, 2.45) is 0 Å². The monoisotopic (exact) mass is 506 g/mol. The minimum Gasteiger partial charge on any atom is -0.475 e. The lowest BCUT2D eigenvalue weighted by Gasteiger charge is -2.07. The van der Waals surface area contributed by atoms with Gasteiger partial charge in [0.25, 0.3) is 0 Å². The number of benzene rings is 1. The molecule has 0 radical (unpaired) electrons. The number of nitrogens with zero attached hydrogens (tertiary/aromatic N) is 3. The van der Waals surface area contributed by atoms with Crippen LogP contribution in [0, 0.1) is 0 Å². The van der Waals surface area contributed by atoms with Crippen molar-refractivity contribution >= 4 is 11.9 Å². The number of halogens is 6. The fourth-order valence-corrected chi connectivity index (χ4v) is 2.73. The van der Waals surface area contributed by atoms with Gasteiger partial charge in [0.15, 0.2) is 5.76 Å². The standard InChI is InChI=1S/C19H19F3N4O2.C2HF3O2/c20-19(21,22)16-5-2-14(3-6-16)18-15(12-25-28-18)4-7-17(27)24-8-1-10-26-11-9-23-13-26;3-2(4,5)1(6)7/h2-3,5-6,9,11-13H,1,4,7-8,10H2,(H,24,27);(H,6,7). The highest BCUT2D eigenvalue weighted by molar-refractivity contribution is 5.76. The molecule has 14 heteroatoms. The summed E-state index contributed by atoms with van der Waals surface area (Å²) in [6, 6.07) is 4.66. The van der Waals surface area contributed by atoms with Crippen LogP contribution in [-0.4, -0.2) is 44.4 Å². The van der Waals surface area contributed by atoms with Gasteiger partial charge >= 0.3 is 18.3 Å². The number of aromatic nitrogens is 3. The van der Waals surface area contributed by atoms with Crippen LogP contribution < -0.4 is 5.32 Å². The molecule has 2 heterocycles.